The minimum atomic E-state index is -0.609. The Morgan fingerprint density at radius 2 is 2.05 bits per heavy atom. The summed E-state index contributed by atoms with van der Waals surface area (Å²) in [4.78, 5) is 42.3. The van der Waals surface area contributed by atoms with Gasteiger partial charge in [-0.2, -0.15) is 4.68 Å². The molecule has 0 radical (unpaired) electrons. The van der Waals surface area contributed by atoms with E-state index in [1.165, 1.54) is 13.4 Å². The van der Waals surface area contributed by atoms with E-state index in [-0.39, 0.29) is 18.2 Å². The number of fused-ring (bicyclic) bond motifs is 1. The van der Waals surface area contributed by atoms with Gasteiger partial charge < -0.3 is 14.5 Å². The van der Waals surface area contributed by atoms with Gasteiger partial charge in [-0.15, -0.1) is 5.10 Å². The molecule has 0 saturated heterocycles. The van der Waals surface area contributed by atoms with Crippen LogP contribution in [0.3, 0.4) is 0 Å². The Balaban J connectivity index is 1.22. The van der Waals surface area contributed by atoms with Crippen LogP contribution in [0.25, 0.3) is 28.2 Å². The quantitative estimate of drug-likeness (QED) is 0.272. The van der Waals surface area contributed by atoms with Crippen molar-refractivity contribution in [3.05, 3.63) is 82.7 Å². The number of pyridine rings is 1. The summed E-state index contributed by atoms with van der Waals surface area (Å²) in [6.07, 6.45) is 5.53. The van der Waals surface area contributed by atoms with Gasteiger partial charge in [0.15, 0.2) is 0 Å². The van der Waals surface area contributed by atoms with Crippen LogP contribution in [0.1, 0.15) is 29.7 Å². The molecule has 1 aliphatic heterocycles. The van der Waals surface area contributed by atoms with E-state index in [2.05, 4.69) is 35.8 Å². The summed E-state index contributed by atoms with van der Waals surface area (Å²) < 4.78 is 13.1. The molecule has 0 spiro atoms. The molecule has 2 N–H and O–H groups in total. The molecule has 0 unspecified atom stereocenters. The predicted molar refractivity (Wildman–Crippen MR) is 147 cm³/mol. The number of aromatic amines is 1. The molecule has 1 amide bonds. The maximum absolute atomic E-state index is 13.4. The van der Waals surface area contributed by atoms with Gasteiger partial charge in [-0.3, -0.25) is 14.7 Å². The number of tetrazole rings is 1. The smallest absolute Gasteiger partial charge is 0.412 e. The van der Waals surface area contributed by atoms with E-state index in [0.29, 0.717) is 42.6 Å². The van der Waals surface area contributed by atoms with Crippen molar-refractivity contribution in [2.75, 3.05) is 25.6 Å². The highest BCUT2D eigenvalue weighted by Crippen LogP contribution is 2.32. The van der Waals surface area contributed by atoms with Gasteiger partial charge in [0.1, 0.15) is 30.4 Å². The maximum Gasteiger partial charge on any atom is 0.412 e. The summed E-state index contributed by atoms with van der Waals surface area (Å²) in [5.41, 5.74) is 4.45. The lowest BCUT2D eigenvalue weighted by atomic mass is 10.1. The Hall–Kier alpha value is -5.24. The number of nitrogens with zero attached hydrogens (tertiary/aromatic N) is 8. The van der Waals surface area contributed by atoms with Gasteiger partial charge in [-0.1, -0.05) is 11.6 Å². The lowest BCUT2D eigenvalue weighted by Gasteiger charge is -2.14. The summed E-state index contributed by atoms with van der Waals surface area (Å²) in [7, 11) is 1.53. The first-order valence-electron chi connectivity index (χ1n) is 12.9. The van der Waals surface area contributed by atoms with Gasteiger partial charge >= 0.3 is 6.09 Å². The fraction of sp³-hybridized carbons (Fsp3) is 0.259. The topological polar surface area (TPSA) is 168 Å². The van der Waals surface area contributed by atoms with E-state index >= 15 is 0 Å². The second-order valence-electron chi connectivity index (χ2n) is 9.46. The molecule has 4 aromatic heterocycles. The molecule has 1 atom stereocenters. The van der Waals surface area contributed by atoms with E-state index in [1.54, 1.807) is 33.8 Å². The first-order chi connectivity index (χ1) is 20.0. The molecule has 0 bridgehead atoms. The minimum absolute atomic E-state index is 0.148. The number of aromatic nitrogens is 9. The number of ether oxygens (including phenoxy) is 2. The number of benzene rings is 1. The van der Waals surface area contributed by atoms with Gasteiger partial charge in [-0.05, 0) is 48.0 Å². The van der Waals surface area contributed by atoms with Crippen molar-refractivity contribution >= 4 is 11.9 Å². The third-order valence-corrected chi connectivity index (χ3v) is 6.74. The van der Waals surface area contributed by atoms with E-state index < -0.39 is 6.09 Å². The van der Waals surface area contributed by atoms with Crippen molar-refractivity contribution in [2.45, 2.75) is 25.8 Å². The highest BCUT2D eigenvalue weighted by Gasteiger charge is 2.29. The third kappa shape index (κ3) is 5.32. The van der Waals surface area contributed by atoms with E-state index in [9.17, 15) is 9.59 Å². The van der Waals surface area contributed by atoms with Crippen molar-refractivity contribution in [3.63, 3.8) is 0 Å². The summed E-state index contributed by atoms with van der Waals surface area (Å²) in [5, 5.41) is 14.0. The Morgan fingerprint density at radius 1 is 1.15 bits per heavy atom. The molecule has 1 aliphatic rings. The predicted octanol–water partition coefficient (Wildman–Crippen LogP) is 2.71. The Morgan fingerprint density at radius 3 is 2.83 bits per heavy atom. The van der Waals surface area contributed by atoms with Crippen molar-refractivity contribution in [1.29, 1.82) is 0 Å². The first-order valence-corrected chi connectivity index (χ1v) is 12.9. The number of rotatable bonds is 8. The summed E-state index contributed by atoms with van der Waals surface area (Å²) >= 11 is 0. The molecule has 41 heavy (non-hydrogen) atoms. The third-order valence-electron chi connectivity index (χ3n) is 6.74. The number of carbonyl (C=O) groups excluding carboxylic acids is 1. The number of hydrogen-bond donors (Lipinski definition) is 2. The second-order valence-corrected chi connectivity index (χ2v) is 9.46. The zero-order valence-electron chi connectivity index (χ0n) is 22.3. The average Bonchev–Trinajstić information content (AvgIpc) is 3.75. The van der Waals surface area contributed by atoms with Crippen LogP contribution in [-0.2, 0) is 15.9 Å². The number of hydrogen-bond acceptors (Lipinski definition) is 10. The summed E-state index contributed by atoms with van der Waals surface area (Å²) in [6.45, 7) is 2.44. The molecule has 6 rings (SSSR count). The molecule has 0 saturated carbocycles. The lowest BCUT2D eigenvalue weighted by molar-refractivity contribution is 0.107. The van der Waals surface area contributed by atoms with Gasteiger partial charge in [0, 0.05) is 36.9 Å². The van der Waals surface area contributed by atoms with Crippen molar-refractivity contribution < 1.29 is 14.3 Å². The number of nitrogens with one attached hydrogen (secondary N) is 2. The molecule has 5 heterocycles. The van der Waals surface area contributed by atoms with Crippen molar-refractivity contribution in [2.24, 2.45) is 0 Å². The zero-order valence-corrected chi connectivity index (χ0v) is 22.3. The van der Waals surface area contributed by atoms with Crippen LogP contribution >= 0.6 is 0 Å². The van der Waals surface area contributed by atoms with Gasteiger partial charge in [0.05, 0.1) is 35.9 Å². The Labute approximate surface area is 233 Å². The molecule has 14 nitrogen and oxygen atoms in total. The monoisotopic (exact) mass is 554 g/mol. The fourth-order valence-electron chi connectivity index (χ4n) is 4.81. The number of aryl methyl sites for hydroxylation is 2. The normalized spacial score (nSPS) is 14.1. The largest absolute Gasteiger partial charge is 0.447 e. The van der Waals surface area contributed by atoms with Crippen LogP contribution in [0.4, 0.5) is 10.6 Å². The number of carbonyl (C=O) groups is 1. The van der Waals surface area contributed by atoms with E-state index in [4.69, 9.17) is 14.5 Å². The fourth-order valence-corrected chi connectivity index (χ4v) is 4.81. The van der Waals surface area contributed by atoms with Crippen LogP contribution < -0.4 is 10.9 Å². The van der Waals surface area contributed by atoms with Crippen LogP contribution in [0, 0.1) is 6.92 Å². The molecule has 1 aromatic carbocycles. The zero-order chi connectivity index (χ0) is 28.3. The number of imidazole rings is 1. The number of methoxy groups -OCH3 is 1. The molecule has 208 valence electrons. The van der Waals surface area contributed by atoms with Crippen LogP contribution in [0.5, 0.6) is 0 Å². The second kappa shape index (κ2) is 11.1. The van der Waals surface area contributed by atoms with Gasteiger partial charge in [0.2, 0.25) is 0 Å². The Kier molecular flexibility index (Phi) is 7.04. The van der Waals surface area contributed by atoms with E-state index in [1.807, 2.05) is 31.2 Å². The molecule has 14 heteroatoms. The van der Waals surface area contributed by atoms with Gasteiger partial charge in [-0.25, -0.2) is 19.7 Å². The average molecular weight is 555 g/mol. The lowest BCUT2D eigenvalue weighted by Crippen LogP contribution is -2.25. The van der Waals surface area contributed by atoms with E-state index in [0.717, 1.165) is 28.1 Å². The van der Waals surface area contributed by atoms with Crippen LogP contribution in [-0.4, -0.2) is 71.1 Å². The summed E-state index contributed by atoms with van der Waals surface area (Å²) in [6, 6.07) is 10.6. The highest BCUT2D eigenvalue weighted by molar-refractivity contribution is 5.83. The molecule has 0 aliphatic carbocycles. The van der Waals surface area contributed by atoms with Crippen LogP contribution in [0.15, 0.2) is 59.9 Å². The standard InChI is InChI=1S/C27H26N10O4/c1-16-3-5-21(36-15-30-34-35-36)18(11-16)19-12-25(38)37-22(6-8-24(37)31-19)26-29-14-20(32-26)17-4-7-23(28-13-17)33-27(39)41-10-9-40-2/h3-5,7,11-15,22H,6,8-10H2,1-2H3,(H,29,32)(H,28,33,39)/t22-/m0/s1. The SMILES string of the molecule is COCCOC(=O)Nc1ccc(-c2cnc([C@@H]3CCc4nc(-c5cc(C)ccc5-n5cnnn5)cc(=O)n43)[nH]2)cn1. The van der Waals surface area contributed by atoms with Crippen molar-refractivity contribution in [3.8, 4) is 28.2 Å². The molecule has 5 aromatic rings. The summed E-state index contributed by atoms with van der Waals surface area (Å²) in [5.74, 6) is 1.70. The maximum atomic E-state index is 13.4. The van der Waals surface area contributed by atoms with Crippen LogP contribution in [0.2, 0.25) is 0 Å². The molecule has 0 fully saturated rings. The van der Waals surface area contributed by atoms with Gasteiger partial charge in [0.25, 0.3) is 5.56 Å². The van der Waals surface area contributed by atoms with Crippen molar-refractivity contribution in [1.82, 2.24) is 44.7 Å². The number of anilines is 1. The number of amides is 1. The Bertz CT molecular complexity index is 1750. The number of H-pyrrole nitrogens is 1. The first kappa shape index (κ1) is 26.0. The minimum Gasteiger partial charge on any atom is -0.447 e. The molecular formula is C27H26N10O4. The molecular weight excluding hydrogens is 528 g/mol. The highest BCUT2D eigenvalue weighted by atomic mass is 16.6.